The second-order valence-corrected chi connectivity index (χ2v) is 6.32. The Labute approximate surface area is 154 Å². The molecule has 1 aliphatic heterocycles. The largest absolute Gasteiger partial charge is 0.462 e. The molecule has 0 saturated carbocycles. The SMILES string of the molecule is O=C(OCCCCN1C(=O)c2ccccc2C1=O)c1ccc2cn[nH]c2c1. The summed E-state index contributed by atoms with van der Waals surface area (Å²) in [6.45, 7) is 0.535. The number of nitrogens with one attached hydrogen (secondary N) is 1. The van der Waals surface area contributed by atoms with Gasteiger partial charge in [-0.05, 0) is 37.1 Å². The number of aromatic nitrogens is 2. The van der Waals surface area contributed by atoms with Crippen molar-refractivity contribution in [2.24, 2.45) is 0 Å². The predicted molar refractivity (Wildman–Crippen MR) is 97.4 cm³/mol. The van der Waals surface area contributed by atoms with Crippen molar-refractivity contribution in [2.45, 2.75) is 12.8 Å². The Bertz CT molecular complexity index is 1010. The van der Waals surface area contributed by atoms with Crippen molar-refractivity contribution in [1.29, 1.82) is 0 Å². The molecule has 27 heavy (non-hydrogen) atoms. The zero-order chi connectivity index (χ0) is 18.8. The number of unbranched alkanes of at least 4 members (excludes halogenated alkanes) is 1. The first kappa shape index (κ1) is 17.0. The van der Waals surface area contributed by atoms with Gasteiger partial charge >= 0.3 is 5.97 Å². The van der Waals surface area contributed by atoms with Crippen molar-refractivity contribution in [3.05, 3.63) is 65.4 Å². The van der Waals surface area contributed by atoms with Crippen LogP contribution in [0.3, 0.4) is 0 Å². The molecule has 1 N–H and O–H groups in total. The number of hydrogen-bond acceptors (Lipinski definition) is 5. The molecule has 0 radical (unpaired) electrons. The van der Waals surface area contributed by atoms with Crippen LogP contribution in [0.15, 0.2) is 48.7 Å². The van der Waals surface area contributed by atoms with Gasteiger partial charge in [0, 0.05) is 11.9 Å². The summed E-state index contributed by atoms with van der Waals surface area (Å²) in [6, 6.07) is 12.0. The summed E-state index contributed by atoms with van der Waals surface area (Å²) in [5.74, 6) is -0.937. The highest BCUT2D eigenvalue weighted by Gasteiger charge is 2.34. The molecule has 0 fully saturated rings. The van der Waals surface area contributed by atoms with E-state index in [9.17, 15) is 14.4 Å². The van der Waals surface area contributed by atoms with Gasteiger partial charge in [0.1, 0.15) is 0 Å². The molecule has 136 valence electrons. The summed E-state index contributed by atoms with van der Waals surface area (Å²) in [6.07, 6.45) is 2.81. The molecule has 3 aromatic rings. The Morgan fingerprint density at radius 3 is 2.52 bits per heavy atom. The first-order chi connectivity index (χ1) is 13.1. The van der Waals surface area contributed by atoms with Crippen LogP contribution in [0.5, 0.6) is 0 Å². The monoisotopic (exact) mass is 363 g/mol. The number of aromatic amines is 1. The van der Waals surface area contributed by atoms with Gasteiger partial charge in [-0.15, -0.1) is 0 Å². The van der Waals surface area contributed by atoms with Crippen LogP contribution in [0, 0.1) is 0 Å². The number of amides is 2. The van der Waals surface area contributed by atoms with E-state index in [1.54, 1.807) is 48.7 Å². The fraction of sp³-hybridized carbons (Fsp3) is 0.200. The average Bonchev–Trinajstić information content (AvgIpc) is 3.25. The van der Waals surface area contributed by atoms with Gasteiger partial charge in [-0.25, -0.2) is 4.79 Å². The quantitative estimate of drug-likeness (QED) is 0.413. The van der Waals surface area contributed by atoms with Crippen molar-refractivity contribution in [2.75, 3.05) is 13.2 Å². The number of benzene rings is 2. The van der Waals surface area contributed by atoms with Gasteiger partial charge in [0.05, 0.1) is 35.0 Å². The van der Waals surface area contributed by atoms with Gasteiger partial charge in [-0.2, -0.15) is 5.10 Å². The number of carbonyl (C=O) groups excluding carboxylic acids is 3. The molecule has 0 bridgehead atoms. The highest BCUT2D eigenvalue weighted by molar-refractivity contribution is 6.21. The number of carbonyl (C=O) groups is 3. The molecule has 0 aliphatic carbocycles. The molecule has 2 heterocycles. The van der Waals surface area contributed by atoms with Crippen molar-refractivity contribution >= 4 is 28.7 Å². The van der Waals surface area contributed by atoms with E-state index in [1.807, 2.05) is 0 Å². The van der Waals surface area contributed by atoms with Crippen molar-refractivity contribution < 1.29 is 19.1 Å². The fourth-order valence-corrected chi connectivity index (χ4v) is 3.13. The second kappa shape index (κ2) is 7.03. The van der Waals surface area contributed by atoms with Crippen LogP contribution in [-0.4, -0.2) is 46.0 Å². The maximum atomic E-state index is 12.3. The number of fused-ring (bicyclic) bond motifs is 2. The van der Waals surface area contributed by atoms with Gasteiger partial charge in [0.15, 0.2) is 0 Å². The van der Waals surface area contributed by atoms with E-state index >= 15 is 0 Å². The van der Waals surface area contributed by atoms with E-state index in [2.05, 4.69) is 10.2 Å². The maximum absolute atomic E-state index is 12.3. The number of nitrogens with zero attached hydrogens (tertiary/aromatic N) is 2. The molecular weight excluding hydrogens is 346 g/mol. The molecule has 4 rings (SSSR count). The minimum Gasteiger partial charge on any atom is -0.462 e. The summed E-state index contributed by atoms with van der Waals surface area (Å²) in [4.78, 5) is 37.9. The topological polar surface area (TPSA) is 92.4 Å². The zero-order valence-corrected chi connectivity index (χ0v) is 14.5. The van der Waals surface area contributed by atoms with Crippen LogP contribution in [0.2, 0.25) is 0 Å². The van der Waals surface area contributed by atoms with Crippen LogP contribution in [-0.2, 0) is 4.74 Å². The number of H-pyrrole nitrogens is 1. The molecule has 2 aromatic carbocycles. The van der Waals surface area contributed by atoms with Gasteiger partial charge in [-0.1, -0.05) is 18.2 Å². The third kappa shape index (κ3) is 3.19. The lowest BCUT2D eigenvalue weighted by molar-refractivity contribution is 0.0486. The molecule has 0 spiro atoms. The number of esters is 1. The summed E-state index contributed by atoms with van der Waals surface area (Å²) < 4.78 is 5.27. The molecule has 7 nitrogen and oxygen atoms in total. The van der Waals surface area contributed by atoms with E-state index < -0.39 is 5.97 Å². The smallest absolute Gasteiger partial charge is 0.338 e. The standard InChI is InChI=1S/C20H17N3O4/c24-18-15-5-1-2-6-16(15)19(25)23(18)9-3-4-10-27-20(26)13-7-8-14-12-21-22-17(14)11-13/h1-2,5-8,11-12H,3-4,9-10H2,(H,21,22). The van der Waals surface area contributed by atoms with Crippen LogP contribution in [0.4, 0.5) is 0 Å². The maximum Gasteiger partial charge on any atom is 0.338 e. The Balaban J connectivity index is 1.25. The third-order valence-electron chi connectivity index (χ3n) is 4.57. The summed E-state index contributed by atoms with van der Waals surface area (Å²) >= 11 is 0. The van der Waals surface area contributed by atoms with Crippen molar-refractivity contribution in [3.8, 4) is 0 Å². The van der Waals surface area contributed by atoms with Crippen molar-refractivity contribution in [3.63, 3.8) is 0 Å². The lowest BCUT2D eigenvalue weighted by atomic mass is 10.1. The van der Waals surface area contributed by atoms with Crippen LogP contribution < -0.4 is 0 Å². The molecule has 7 heteroatoms. The number of rotatable bonds is 6. The Kier molecular flexibility index (Phi) is 4.42. The third-order valence-corrected chi connectivity index (χ3v) is 4.57. The second-order valence-electron chi connectivity index (χ2n) is 6.32. The molecular formula is C20H17N3O4. The highest BCUT2D eigenvalue weighted by Crippen LogP contribution is 2.22. The van der Waals surface area contributed by atoms with Gasteiger partial charge < -0.3 is 4.74 Å². The Hall–Kier alpha value is -3.48. The van der Waals surface area contributed by atoms with Gasteiger partial charge in [0.25, 0.3) is 11.8 Å². The number of ether oxygens (including phenoxy) is 1. The molecule has 0 unspecified atom stereocenters. The van der Waals surface area contributed by atoms with E-state index in [4.69, 9.17) is 4.74 Å². The van der Waals surface area contributed by atoms with E-state index in [0.29, 0.717) is 36.1 Å². The predicted octanol–water partition coefficient (Wildman–Crippen LogP) is 2.80. The molecule has 0 atom stereocenters. The molecule has 2 amide bonds. The van der Waals surface area contributed by atoms with Crippen LogP contribution in [0.1, 0.15) is 43.9 Å². The van der Waals surface area contributed by atoms with E-state index in [1.165, 1.54) is 4.90 Å². The molecule has 1 aliphatic rings. The molecule has 1 aromatic heterocycles. The average molecular weight is 363 g/mol. The summed E-state index contributed by atoms with van der Waals surface area (Å²) in [5.41, 5.74) is 2.12. The summed E-state index contributed by atoms with van der Waals surface area (Å²) in [7, 11) is 0. The first-order valence-electron chi connectivity index (χ1n) is 8.70. The first-order valence-corrected chi connectivity index (χ1v) is 8.70. The van der Waals surface area contributed by atoms with Gasteiger partial charge in [0.2, 0.25) is 0 Å². The normalized spacial score (nSPS) is 13.3. The van der Waals surface area contributed by atoms with Crippen LogP contribution in [0.25, 0.3) is 10.9 Å². The van der Waals surface area contributed by atoms with E-state index in [0.717, 1.165) is 10.9 Å². The minimum atomic E-state index is -0.410. The minimum absolute atomic E-state index is 0.225. The van der Waals surface area contributed by atoms with Gasteiger partial charge in [-0.3, -0.25) is 19.6 Å². The number of hydrogen-bond donors (Lipinski definition) is 1. The summed E-state index contributed by atoms with van der Waals surface area (Å²) in [5, 5.41) is 7.65. The lowest BCUT2D eigenvalue weighted by Crippen LogP contribution is -2.30. The number of imide groups is 1. The van der Waals surface area contributed by atoms with Crippen LogP contribution >= 0.6 is 0 Å². The zero-order valence-electron chi connectivity index (χ0n) is 14.5. The van der Waals surface area contributed by atoms with Crippen molar-refractivity contribution in [1.82, 2.24) is 15.1 Å². The van der Waals surface area contributed by atoms with E-state index in [-0.39, 0.29) is 18.4 Å². The lowest BCUT2D eigenvalue weighted by Gasteiger charge is -2.13. The fourth-order valence-electron chi connectivity index (χ4n) is 3.13. The molecule has 0 saturated heterocycles. The Morgan fingerprint density at radius 1 is 1.04 bits per heavy atom. The highest BCUT2D eigenvalue weighted by atomic mass is 16.5. The Morgan fingerprint density at radius 2 is 1.78 bits per heavy atom.